The molecule has 1 N–H and O–H groups in total. The summed E-state index contributed by atoms with van der Waals surface area (Å²) in [5, 5.41) is 4.10. The molecule has 0 saturated heterocycles. The molecule has 0 spiro atoms. The summed E-state index contributed by atoms with van der Waals surface area (Å²) >= 11 is 9.55. The van der Waals surface area contributed by atoms with Crippen molar-refractivity contribution in [3.8, 4) is 0 Å². The first-order chi connectivity index (χ1) is 10.1. The Hall–Kier alpha value is -1.26. The van der Waals surface area contributed by atoms with E-state index in [-0.39, 0.29) is 0 Å². The van der Waals surface area contributed by atoms with Gasteiger partial charge >= 0.3 is 0 Å². The van der Waals surface area contributed by atoms with Gasteiger partial charge in [-0.2, -0.15) is 0 Å². The Bertz CT molecular complexity index is 583. The highest BCUT2D eigenvalue weighted by Crippen LogP contribution is 2.22. The minimum atomic E-state index is 0.702. The van der Waals surface area contributed by atoms with E-state index in [1.54, 1.807) is 0 Å². The van der Waals surface area contributed by atoms with Gasteiger partial charge in [-0.05, 0) is 49.7 Å². The van der Waals surface area contributed by atoms with Crippen LogP contribution in [0.15, 0.2) is 41.0 Å². The van der Waals surface area contributed by atoms with Crippen LogP contribution in [0.4, 0.5) is 11.5 Å². The van der Waals surface area contributed by atoms with Crippen molar-refractivity contribution < 1.29 is 0 Å². The summed E-state index contributed by atoms with van der Waals surface area (Å²) < 4.78 is 1.05. The predicted octanol–water partition coefficient (Wildman–Crippen LogP) is 4.96. The number of nitrogens with zero attached hydrogens (tertiary/aromatic N) is 2. The van der Waals surface area contributed by atoms with E-state index in [0.717, 1.165) is 39.7 Å². The monoisotopic (exact) mass is 367 g/mol. The number of aromatic nitrogens is 1. The molecule has 1 aromatic heterocycles. The highest BCUT2D eigenvalue weighted by Gasteiger charge is 2.04. The lowest BCUT2D eigenvalue weighted by atomic mass is 10.2. The second kappa shape index (κ2) is 7.66. The van der Waals surface area contributed by atoms with E-state index in [9.17, 15) is 0 Å². The number of nitrogens with one attached hydrogen (secondary N) is 1. The zero-order chi connectivity index (χ0) is 15.2. The number of pyridine rings is 1. The lowest BCUT2D eigenvalue weighted by Gasteiger charge is -2.19. The highest BCUT2D eigenvalue weighted by molar-refractivity contribution is 9.10. The predicted molar refractivity (Wildman–Crippen MR) is 94.3 cm³/mol. The van der Waals surface area contributed by atoms with E-state index in [1.165, 1.54) is 0 Å². The summed E-state index contributed by atoms with van der Waals surface area (Å²) in [5.41, 5.74) is 2.12. The van der Waals surface area contributed by atoms with Crippen molar-refractivity contribution in [1.82, 2.24) is 4.98 Å². The summed E-state index contributed by atoms with van der Waals surface area (Å²) in [6.07, 6.45) is 1.87. The molecule has 2 rings (SSSR count). The molecule has 1 aromatic carbocycles. The SMILES string of the molecule is CCN(CC)c1ccc(NCc2cc(Cl)ccc2Br)cn1. The Morgan fingerprint density at radius 1 is 1.19 bits per heavy atom. The van der Waals surface area contributed by atoms with E-state index < -0.39 is 0 Å². The fraction of sp³-hybridized carbons (Fsp3) is 0.312. The minimum Gasteiger partial charge on any atom is -0.380 e. The van der Waals surface area contributed by atoms with Crippen LogP contribution in [-0.2, 0) is 6.54 Å². The fourth-order valence-corrected chi connectivity index (χ4v) is 2.68. The summed E-state index contributed by atoms with van der Waals surface area (Å²) in [6.45, 7) is 6.90. The molecule has 2 aromatic rings. The Kier molecular flexibility index (Phi) is 5.88. The first kappa shape index (κ1) is 16.1. The number of rotatable bonds is 6. The Morgan fingerprint density at radius 2 is 1.95 bits per heavy atom. The third-order valence-corrected chi connectivity index (χ3v) is 4.33. The Morgan fingerprint density at radius 3 is 2.57 bits per heavy atom. The second-order valence-corrected chi connectivity index (χ2v) is 5.96. The van der Waals surface area contributed by atoms with Crippen LogP contribution in [0.25, 0.3) is 0 Å². The quantitative estimate of drug-likeness (QED) is 0.781. The average molecular weight is 369 g/mol. The number of anilines is 2. The van der Waals surface area contributed by atoms with Crippen LogP contribution >= 0.6 is 27.5 Å². The van der Waals surface area contributed by atoms with Crippen molar-refractivity contribution in [1.29, 1.82) is 0 Å². The number of hydrogen-bond donors (Lipinski definition) is 1. The first-order valence-electron chi connectivity index (χ1n) is 7.02. The molecular weight excluding hydrogens is 350 g/mol. The maximum Gasteiger partial charge on any atom is 0.128 e. The van der Waals surface area contributed by atoms with Crippen molar-refractivity contribution >= 4 is 39.0 Å². The number of hydrogen-bond acceptors (Lipinski definition) is 3. The summed E-state index contributed by atoms with van der Waals surface area (Å²) in [7, 11) is 0. The molecule has 21 heavy (non-hydrogen) atoms. The second-order valence-electron chi connectivity index (χ2n) is 4.67. The normalized spacial score (nSPS) is 10.5. The van der Waals surface area contributed by atoms with Gasteiger partial charge in [-0.3, -0.25) is 0 Å². The average Bonchev–Trinajstić information content (AvgIpc) is 2.51. The zero-order valence-corrected chi connectivity index (χ0v) is 14.6. The van der Waals surface area contributed by atoms with Crippen LogP contribution in [0.5, 0.6) is 0 Å². The molecule has 0 bridgehead atoms. The zero-order valence-electron chi connectivity index (χ0n) is 12.2. The molecule has 0 aliphatic heterocycles. The van der Waals surface area contributed by atoms with Crippen molar-refractivity contribution in [3.63, 3.8) is 0 Å². The molecule has 0 aliphatic rings. The van der Waals surface area contributed by atoms with Crippen molar-refractivity contribution in [3.05, 3.63) is 51.6 Å². The maximum atomic E-state index is 6.02. The van der Waals surface area contributed by atoms with Gasteiger partial charge in [0.05, 0.1) is 11.9 Å². The minimum absolute atomic E-state index is 0.702. The van der Waals surface area contributed by atoms with E-state index >= 15 is 0 Å². The molecule has 5 heteroatoms. The van der Waals surface area contributed by atoms with Crippen molar-refractivity contribution in [2.75, 3.05) is 23.3 Å². The van der Waals surface area contributed by atoms with Crippen LogP contribution in [-0.4, -0.2) is 18.1 Å². The van der Waals surface area contributed by atoms with Gasteiger partial charge < -0.3 is 10.2 Å². The first-order valence-corrected chi connectivity index (χ1v) is 8.20. The Balaban J connectivity index is 2.02. The Labute approximate surface area is 139 Å². The maximum absolute atomic E-state index is 6.02. The van der Waals surface area contributed by atoms with Gasteiger partial charge in [0.25, 0.3) is 0 Å². The van der Waals surface area contributed by atoms with Gasteiger partial charge in [0.1, 0.15) is 5.82 Å². The van der Waals surface area contributed by atoms with E-state index in [2.05, 4.69) is 51.0 Å². The number of benzene rings is 1. The molecule has 3 nitrogen and oxygen atoms in total. The summed E-state index contributed by atoms with van der Waals surface area (Å²) in [6, 6.07) is 9.88. The van der Waals surface area contributed by atoms with Gasteiger partial charge in [-0.15, -0.1) is 0 Å². The third-order valence-electron chi connectivity index (χ3n) is 3.33. The molecule has 0 unspecified atom stereocenters. The van der Waals surface area contributed by atoms with Crippen LogP contribution in [0.3, 0.4) is 0 Å². The molecule has 0 fully saturated rings. The van der Waals surface area contributed by atoms with Gasteiger partial charge in [-0.1, -0.05) is 27.5 Å². The van der Waals surface area contributed by atoms with Crippen LogP contribution < -0.4 is 10.2 Å². The molecule has 0 saturated carbocycles. The van der Waals surface area contributed by atoms with Gasteiger partial charge in [0.15, 0.2) is 0 Å². The molecule has 0 aliphatic carbocycles. The van der Waals surface area contributed by atoms with Gasteiger partial charge in [0, 0.05) is 29.1 Å². The topological polar surface area (TPSA) is 28.2 Å². The molecule has 112 valence electrons. The largest absolute Gasteiger partial charge is 0.380 e. The smallest absolute Gasteiger partial charge is 0.128 e. The fourth-order valence-electron chi connectivity index (χ4n) is 2.10. The third kappa shape index (κ3) is 4.35. The molecular formula is C16H19BrClN3. The molecule has 0 radical (unpaired) electrons. The number of halogens is 2. The summed E-state index contributed by atoms with van der Waals surface area (Å²) in [4.78, 5) is 6.72. The van der Waals surface area contributed by atoms with Crippen LogP contribution in [0.1, 0.15) is 19.4 Å². The van der Waals surface area contributed by atoms with E-state index in [1.807, 2.05) is 30.5 Å². The lowest BCUT2D eigenvalue weighted by molar-refractivity contribution is 0.846. The molecule has 0 amide bonds. The summed E-state index contributed by atoms with van der Waals surface area (Å²) in [5.74, 6) is 1.01. The van der Waals surface area contributed by atoms with Crippen LogP contribution in [0, 0.1) is 0 Å². The van der Waals surface area contributed by atoms with E-state index in [0.29, 0.717) is 6.54 Å². The lowest BCUT2D eigenvalue weighted by Crippen LogP contribution is -2.22. The van der Waals surface area contributed by atoms with Crippen molar-refractivity contribution in [2.45, 2.75) is 20.4 Å². The van der Waals surface area contributed by atoms with Crippen molar-refractivity contribution in [2.24, 2.45) is 0 Å². The molecule has 0 atom stereocenters. The van der Waals surface area contributed by atoms with Gasteiger partial charge in [-0.25, -0.2) is 4.98 Å². The van der Waals surface area contributed by atoms with Gasteiger partial charge in [0.2, 0.25) is 0 Å². The molecule has 1 heterocycles. The highest BCUT2D eigenvalue weighted by atomic mass is 79.9. The van der Waals surface area contributed by atoms with Crippen LogP contribution in [0.2, 0.25) is 5.02 Å². The standard InChI is InChI=1S/C16H19BrClN3/c1-3-21(4-2)16-8-6-14(11-20-16)19-10-12-9-13(18)5-7-15(12)17/h5-9,11,19H,3-4,10H2,1-2H3. The van der Waals surface area contributed by atoms with E-state index in [4.69, 9.17) is 11.6 Å².